The number of ether oxygens (including phenoxy) is 2. The highest BCUT2D eigenvalue weighted by Gasteiger charge is 2.21. The summed E-state index contributed by atoms with van der Waals surface area (Å²) in [5, 5.41) is 4.13. The third-order valence-electron chi connectivity index (χ3n) is 3.18. The van der Waals surface area contributed by atoms with Crippen molar-refractivity contribution < 1.29 is 9.47 Å². The second-order valence-electron chi connectivity index (χ2n) is 4.73. The van der Waals surface area contributed by atoms with Gasteiger partial charge < -0.3 is 9.47 Å². The highest BCUT2D eigenvalue weighted by atomic mass is 16.5. The summed E-state index contributed by atoms with van der Waals surface area (Å²) in [5.41, 5.74) is 2.29. The van der Waals surface area contributed by atoms with Crippen molar-refractivity contribution in [1.82, 2.24) is 14.8 Å². The summed E-state index contributed by atoms with van der Waals surface area (Å²) in [6.45, 7) is 5.36. The number of fused-ring (bicyclic) bond motifs is 1. The molecule has 0 amide bonds. The third kappa shape index (κ3) is 2.41. The average molecular weight is 259 g/mol. The fourth-order valence-electron chi connectivity index (χ4n) is 2.38. The first-order valence-electron chi connectivity index (χ1n) is 6.54. The minimum atomic E-state index is 0.242. The van der Waals surface area contributed by atoms with E-state index < -0.39 is 0 Å². The fraction of sp³-hybridized carbons (Fsp3) is 0.429. The van der Waals surface area contributed by atoms with E-state index in [-0.39, 0.29) is 6.10 Å². The average Bonchev–Trinajstić information content (AvgIpc) is 2.98. The molecule has 1 aliphatic rings. The van der Waals surface area contributed by atoms with Crippen molar-refractivity contribution in [3.8, 4) is 11.5 Å². The lowest BCUT2D eigenvalue weighted by molar-refractivity contribution is 0.254. The Balaban J connectivity index is 1.95. The molecule has 5 nitrogen and oxygen atoms in total. The van der Waals surface area contributed by atoms with Crippen molar-refractivity contribution in [2.75, 3.05) is 6.61 Å². The van der Waals surface area contributed by atoms with Crippen LogP contribution in [0.1, 0.15) is 25.0 Å². The van der Waals surface area contributed by atoms with E-state index in [4.69, 9.17) is 9.47 Å². The molecule has 1 atom stereocenters. The van der Waals surface area contributed by atoms with E-state index in [1.165, 1.54) is 11.9 Å². The Bertz CT molecular complexity index is 566. The van der Waals surface area contributed by atoms with Gasteiger partial charge in [-0.1, -0.05) is 0 Å². The van der Waals surface area contributed by atoms with Crippen LogP contribution in [0.25, 0.3) is 0 Å². The molecule has 19 heavy (non-hydrogen) atoms. The fourth-order valence-corrected chi connectivity index (χ4v) is 2.38. The van der Waals surface area contributed by atoms with Crippen LogP contribution >= 0.6 is 0 Å². The maximum atomic E-state index is 5.80. The monoisotopic (exact) mass is 259 g/mol. The number of aromatic nitrogens is 3. The molecule has 0 bridgehead atoms. The van der Waals surface area contributed by atoms with Crippen LogP contribution in [0.4, 0.5) is 0 Å². The quantitative estimate of drug-likeness (QED) is 0.843. The Morgan fingerprint density at radius 3 is 3.11 bits per heavy atom. The van der Waals surface area contributed by atoms with Gasteiger partial charge in [0.25, 0.3) is 0 Å². The van der Waals surface area contributed by atoms with Crippen molar-refractivity contribution in [2.45, 2.75) is 32.9 Å². The predicted octanol–water partition coefficient (Wildman–Crippen LogP) is 2.05. The van der Waals surface area contributed by atoms with Gasteiger partial charge in [0.05, 0.1) is 13.2 Å². The van der Waals surface area contributed by atoms with E-state index >= 15 is 0 Å². The Morgan fingerprint density at radius 2 is 2.37 bits per heavy atom. The van der Waals surface area contributed by atoms with Gasteiger partial charge in [0.1, 0.15) is 30.3 Å². The molecule has 0 N–H and O–H groups in total. The highest BCUT2D eigenvalue weighted by Crippen LogP contribution is 2.35. The molecule has 1 aromatic heterocycles. The number of nitrogens with zero attached hydrogens (tertiary/aromatic N) is 3. The van der Waals surface area contributed by atoms with Crippen molar-refractivity contribution in [3.63, 3.8) is 0 Å². The minimum Gasteiger partial charge on any atom is -0.494 e. The lowest BCUT2D eigenvalue weighted by atomic mass is 10.1. The Kier molecular flexibility index (Phi) is 3.11. The summed E-state index contributed by atoms with van der Waals surface area (Å²) in [7, 11) is 0. The first-order chi connectivity index (χ1) is 9.26. The van der Waals surface area contributed by atoms with Crippen molar-refractivity contribution >= 4 is 0 Å². The molecular formula is C14H17N3O2. The molecule has 1 aliphatic heterocycles. The molecule has 0 spiro atoms. The van der Waals surface area contributed by atoms with Crippen molar-refractivity contribution in [2.24, 2.45) is 0 Å². The van der Waals surface area contributed by atoms with Gasteiger partial charge in [-0.05, 0) is 26.0 Å². The van der Waals surface area contributed by atoms with Crippen LogP contribution in [-0.2, 0) is 13.0 Å². The van der Waals surface area contributed by atoms with Crippen LogP contribution in [0.15, 0.2) is 24.8 Å². The van der Waals surface area contributed by atoms with E-state index in [2.05, 4.69) is 29.1 Å². The van der Waals surface area contributed by atoms with Crippen molar-refractivity contribution in [1.29, 1.82) is 0 Å². The van der Waals surface area contributed by atoms with Crippen LogP contribution in [0.3, 0.4) is 0 Å². The molecule has 5 heteroatoms. The number of hydrogen-bond donors (Lipinski definition) is 0. The largest absolute Gasteiger partial charge is 0.494 e. The van der Waals surface area contributed by atoms with Gasteiger partial charge in [-0.25, -0.2) is 9.67 Å². The lowest BCUT2D eigenvalue weighted by Crippen LogP contribution is -2.05. The number of rotatable bonds is 4. The third-order valence-corrected chi connectivity index (χ3v) is 3.18. The highest BCUT2D eigenvalue weighted by molar-refractivity contribution is 5.48. The normalized spacial score (nSPS) is 17.1. The summed E-state index contributed by atoms with van der Waals surface area (Å²) in [6.07, 6.45) is 4.42. The number of hydrogen-bond acceptors (Lipinski definition) is 4. The predicted molar refractivity (Wildman–Crippen MR) is 70.5 cm³/mol. The van der Waals surface area contributed by atoms with Crippen molar-refractivity contribution in [3.05, 3.63) is 35.9 Å². The maximum absolute atomic E-state index is 5.80. The molecular weight excluding hydrogens is 242 g/mol. The Hall–Kier alpha value is -2.04. The van der Waals surface area contributed by atoms with E-state index in [1.807, 2.05) is 6.92 Å². The number of benzene rings is 1. The summed E-state index contributed by atoms with van der Waals surface area (Å²) < 4.78 is 13.3. The Morgan fingerprint density at radius 1 is 1.47 bits per heavy atom. The zero-order chi connectivity index (χ0) is 13.2. The molecule has 0 saturated heterocycles. The molecule has 3 rings (SSSR count). The Labute approximate surface area is 112 Å². The molecule has 0 aliphatic carbocycles. The first-order valence-corrected chi connectivity index (χ1v) is 6.54. The second kappa shape index (κ2) is 4.91. The molecule has 0 saturated carbocycles. The zero-order valence-corrected chi connectivity index (χ0v) is 11.2. The summed E-state index contributed by atoms with van der Waals surface area (Å²) in [6, 6.07) is 4.15. The SMILES string of the molecule is CCOc1cc2c(cc1Cn1cncn1)O[C@H](C)C2. The first kappa shape index (κ1) is 12.0. The van der Waals surface area contributed by atoms with Crippen LogP contribution in [0.2, 0.25) is 0 Å². The summed E-state index contributed by atoms with van der Waals surface area (Å²) in [5.74, 6) is 1.88. The summed E-state index contributed by atoms with van der Waals surface area (Å²) in [4.78, 5) is 3.96. The van der Waals surface area contributed by atoms with Gasteiger partial charge in [-0.2, -0.15) is 5.10 Å². The van der Waals surface area contributed by atoms with Gasteiger partial charge in [0.2, 0.25) is 0 Å². The van der Waals surface area contributed by atoms with Gasteiger partial charge >= 0.3 is 0 Å². The van der Waals surface area contributed by atoms with Gasteiger partial charge in [0, 0.05) is 17.5 Å². The molecule has 0 unspecified atom stereocenters. The smallest absolute Gasteiger partial charge is 0.137 e. The molecule has 0 radical (unpaired) electrons. The van der Waals surface area contributed by atoms with Crippen LogP contribution < -0.4 is 9.47 Å². The van der Waals surface area contributed by atoms with Crippen LogP contribution in [0, 0.1) is 0 Å². The standard InChI is InChI=1S/C14H17N3O2/c1-3-18-13-5-11-4-10(2)19-14(11)6-12(13)7-17-9-15-8-16-17/h5-6,8-10H,3-4,7H2,1-2H3/t10-/m1/s1. The minimum absolute atomic E-state index is 0.242. The molecule has 1 aromatic carbocycles. The molecule has 100 valence electrons. The topological polar surface area (TPSA) is 49.2 Å². The maximum Gasteiger partial charge on any atom is 0.137 e. The van der Waals surface area contributed by atoms with Gasteiger partial charge in [0.15, 0.2) is 0 Å². The molecule has 0 fully saturated rings. The van der Waals surface area contributed by atoms with Gasteiger partial charge in [-0.3, -0.25) is 0 Å². The van der Waals surface area contributed by atoms with E-state index in [9.17, 15) is 0 Å². The zero-order valence-electron chi connectivity index (χ0n) is 11.2. The van der Waals surface area contributed by atoms with E-state index in [1.54, 1.807) is 11.0 Å². The van der Waals surface area contributed by atoms with Gasteiger partial charge in [-0.15, -0.1) is 0 Å². The molecule has 2 aromatic rings. The van der Waals surface area contributed by atoms with Crippen LogP contribution in [-0.4, -0.2) is 27.5 Å². The van der Waals surface area contributed by atoms with Crippen LogP contribution in [0.5, 0.6) is 11.5 Å². The van der Waals surface area contributed by atoms with E-state index in [0.29, 0.717) is 13.2 Å². The lowest BCUT2D eigenvalue weighted by Gasteiger charge is -2.12. The second-order valence-corrected chi connectivity index (χ2v) is 4.73. The van der Waals surface area contributed by atoms with E-state index in [0.717, 1.165) is 23.5 Å². The molecule has 2 heterocycles. The summed E-state index contributed by atoms with van der Waals surface area (Å²) >= 11 is 0.